The number of nitrogens with zero attached hydrogens (tertiary/aromatic N) is 1. The summed E-state index contributed by atoms with van der Waals surface area (Å²) >= 11 is 4.01. The second-order valence-corrected chi connectivity index (χ2v) is 7.63. The molecule has 0 fully saturated rings. The van der Waals surface area contributed by atoms with Crippen molar-refractivity contribution in [2.45, 2.75) is 56.5 Å². The van der Waals surface area contributed by atoms with Crippen molar-refractivity contribution in [1.82, 2.24) is 25.9 Å². The van der Waals surface area contributed by atoms with Gasteiger partial charge in [-0.25, -0.2) is 9.78 Å². The van der Waals surface area contributed by atoms with Crippen molar-refractivity contribution in [3.05, 3.63) is 18.2 Å². The third kappa shape index (κ3) is 9.46. The van der Waals surface area contributed by atoms with Crippen LogP contribution in [0.4, 0.5) is 0 Å². The fourth-order valence-electron chi connectivity index (χ4n) is 2.64. The fourth-order valence-corrected chi connectivity index (χ4v) is 2.90. The van der Waals surface area contributed by atoms with E-state index in [9.17, 15) is 34.2 Å². The largest absolute Gasteiger partial charge is 0.480 e. The number of rotatable bonds is 14. The van der Waals surface area contributed by atoms with Crippen LogP contribution >= 0.6 is 12.6 Å². The Bertz CT molecular complexity index is 834. The summed E-state index contributed by atoms with van der Waals surface area (Å²) in [4.78, 5) is 66.2. The molecule has 0 aliphatic carbocycles. The summed E-state index contributed by atoms with van der Waals surface area (Å²) in [7, 11) is 0. The number of aliphatic hydroxyl groups excluding tert-OH is 1. The van der Waals surface area contributed by atoms with Crippen molar-refractivity contribution < 1.29 is 34.2 Å². The van der Waals surface area contributed by atoms with Crippen LogP contribution in [0.25, 0.3) is 0 Å². The zero-order valence-electron chi connectivity index (χ0n) is 17.9. The van der Waals surface area contributed by atoms with Gasteiger partial charge >= 0.3 is 5.97 Å². The molecular formula is C18H29N7O7S. The molecule has 0 saturated carbocycles. The molecule has 1 rings (SSSR count). The van der Waals surface area contributed by atoms with Gasteiger partial charge in [0.1, 0.15) is 18.1 Å². The molecule has 5 unspecified atom stereocenters. The van der Waals surface area contributed by atoms with Gasteiger partial charge in [0.2, 0.25) is 23.6 Å². The van der Waals surface area contributed by atoms with E-state index in [1.54, 1.807) is 0 Å². The van der Waals surface area contributed by atoms with E-state index in [0.29, 0.717) is 5.69 Å². The lowest BCUT2D eigenvalue weighted by Crippen LogP contribution is -2.60. The number of imidazole rings is 1. The highest BCUT2D eigenvalue weighted by Gasteiger charge is 2.32. The summed E-state index contributed by atoms with van der Waals surface area (Å²) in [5.41, 5.74) is 11.1. The van der Waals surface area contributed by atoms with Crippen LogP contribution in [0.2, 0.25) is 0 Å². The third-order valence-electron chi connectivity index (χ3n) is 4.51. The van der Waals surface area contributed by atoms with Crippen molar-refractivity contribution in [2.24, 2.45) is 11.5 Å². The van der Waals surface area contributed by atoms with Crippen molar-refractivity contribution in [2.75, 3.05) is 5.75 Å². The van der Waals surface area contributed by atoms with Gasteiger partial charge in [-0.1, -0.05) is 0 Å². The quantitative estimate of drug-likeness (QED) is 0.117. The second-order valence-electron chi connectivity index (χ2n) is 7.26. The number of aliphatic hydroxyl groups is 1. The number of carboxylic acids is 1. The van der Waals surface area contributed by atoms with Crippen LogP contribution in [-0.4, -0.2) is 85.8 Å². The zero-order valence-corrected chi connectivity index (χ0v) is 18.7. The smallest absolute Gasteiger partial charge is 0.326 e. The minimum absolute atomic E-state index is 0.0656. The molecule has 0 aliphatic heterocycles. The van der Waals surface area contributed by atoms with Gasteiger partial charge in [-0.15, -0.1) is 0 Å². The number of hydrogen-bond acceptors (Lipinski definition) is 9. The van der Waals surface area contributed by atoms with Crippen molar-refractivity contribution in [1.29, 1.82) is 0 Å². The lowest BCUT2D eigenvalue weighted by molar-refractivity contribution is -0.142. The molecule has 15 heteroatoms. The lowest BCUT2D eigenvalue weighted by atomic mass is 10.1. The van der Waals surface area contributed by atoms with Gasteiger partial charge in [0.05, 0.1) is 18.5 Å². The summed E-state index contributed by atoms with van der Waals surface area (Å²) in [6.07, 6.45) is 1.10. The number of thiol groups is 1. The highest BCUT2D eigenvalue weighted by Crippen LogP contribution is 2.03. The normalized spacial score (nSPS) is 15.4. The molecule has 0 bridgehead atoms. The van der Waals surface area contributed by atoms with E-state index in [1.165, 1.54) is 19.4 Å². The highest BCUT2D eigenvalue weighted by atomic mass is 32.1. The minimum atomic E-state index is -1.48. The van der Waals surface area contributed by atoms with Crippen molar-refractivity contribution >= 4 is 42.2 Å². The van der Waals surface area contributed by atoms with Crippen LogP contribution in [0, 0.1) is 0 Å². The molecule has 5 atom stereocenters. The summed E-state index contributed by atoms with van der Waals surface area (Å²) in [6.45, 7) is 1.24. The first-order valence-electron chi connectivity index (χ1n) is 9.90. The van der Waals surface area contributed by atoms with E-state index in [1.807, 2.05) is 0 Å². The monoisotopic (exact) mass is 487 g/mol. The number of amides is 4. The molecule has 0 spiro atoms. The molecule has 10 N–H and O–H groups in total. The molecular weight excluding hydrogens is 458 g/mol. The highest BCUT2D eigenvalue weighted by molar-refractivity contribution is 7.80. The first-order valence-corrected chi connectivity index (χ1v) is 10.5. The van der Waals surface area contributed by atoms with E-state index in [-0.39, 0.29) is 25.0 Å². The van der Waals surface area contributed by atoms with Gasteiger partial charge in [0.15, 0.2) is 0 Å². The maximum Gasteiger partial charge on any atom is 0.326 e. The first-order chi connectivity index (χ1) is 15.5. The molecule has 1 aromatic heterocycles. The molecule has 33 heavy (non-hydrogen) atoms. The molecule has 1 aromatic rings. The summed E-state index contributed by atoms with van der Waals surface area (Å²) in [6, 6.07) is -5.22. The van der Waals surface area contributed by atoms with Gasteiger partial charge < -0.3 is 42.6 Å². The fraction of sp³-hybridized carbons (Fsp3) is 0.556. The average molecular weight is 488 g/mol. The molecule has 14 nitrogen and oxygen atoms in total. The molecule has 0 aliphatic rings. The number of aromatic nitrogens is 2. The maximum atomic E-state index is 12.6. The average Bonchev–Trinajstić information content (AvgIpc) is 3.25. The number of nitrogens with two attached hydrogens (primary N) is 2. The summed E-state index contributed by atoms with van der Waals surface area (Å²) < 4.78 is 0. The van der Waals surface area contributed by atoms with Gasteiger partial charge in [0, 0.05) is 30.5 Å². The van der Waals surface area contributed by atoms with Crippen LogP contribution in [0.1, 0.15) is 25.5 Å². The number of carbonyl (C=O) groups is 5. The molecule has 0 aromatic carbocycles. The Morgan fingerprint density at radius 2 is 1.76 bits per heavy atom. The summed E-state index contributed by atoms with van der Waals surface area (Å²) in [5, 5.41) is 26.2. The number of H-pyrrole nitrogens is 1. The predicted octanol–water partition coefficient (Wildman–Crippen LogP) is -3.61. The van der Waals surface area contributed by atoms with E-state index in [4.69, 9.17) is 11.5 Å². The minimum Gasteiger partial charge on any atom is -0.480 e. The first kappa shape index (κ1) is 27.9. The van der Waals surface area contributed by atoms with E-state index in [2.05, 4.69) is 38.5 Å². The van der Waals surface area contributed by atoms with Crippen LogP contribution in [0.5, 0.6) is 0 Å². The van der Waals surface area contributed by atoms with Crippen LogP contribution in [0.15, 0.2) is 12.5 Å². The third-order valence-corrected chi connectivity index (χ3v) is 4.88. The predicted molar refractivity (Wildman–Crippen MR) is 118 cm³/mol. The van der Waals surface area contributed by atoms with Gasteiger partial charge in [0.25, 0.3) is 0 Å². The Balaban J connectivity index is 2.78. The second kappa shape index (κ2) is 13.4. The van der Waals surface area contributed by atoms with Gasteiger partial charge in [-0.3, -0.25) is 19.2 Å². The van der Waals surface area contributed by atoms with Crippen molar-refractivity contribution in [3.8, 4) is 0 Å². The SMILES string of the molecule is CC(O)C(NC(=O)C(N)CCC(N)=O)C(=O)NC(CS)C(=O)NC(Cc1cnc[nH]1)C(=O)O. The molecule has 0 saturated heterocycles. The number of carbonyl (C=O) groups excluding carboxylic acids is 4. The Morgan fingerprint density at radius 3 is 2.24 bits per heavy atom. The molecule has 0 radical (unpaired) electrons. The standard InChI is InChI=1S/C18H29N7O7S/c1-8(26)14(25-15(28)10(19)2-3-13(20)27)17(30)24-12(6-33)16(29)23-11(18(31)32)4-9-5-21-7-22-9/h5,7-8,10-12,14,26,33H,2-4,6,19H2,1H3,(H2,20,27)(H,21,22)(H,23,29)(H,24,30)(H,25,28)(H,31,32). The molecule has 1 heterocycles. The Morgan fingerprint density at radius 1 is 1.12 bits per heavy atom. The van der Waals surface area contributed by atoms with Gasteiger partial charge in [-0.2, -0.15) is 12.6 Å². The Kier molecular flexibility index (Phi) is 11.3. The Labute approximate surface area is 194 Å². The molecule has 184 valence electrons. The van der Waals surface area contributed by atoms with E-state index < -0.39 is 59.9 Å². The number of aliphatic carboxylic acids is 1. The maximum absolute atomic E-state index is 12.6. The van der Waals surface area contributed by atoms with E-state index in [0.717, 1.165) is 0 Å². The topological polar surface area (TPSA) is 243 Å². The van der Waals surface area contributed by atoms with E-state index >= 15 is 0 Å². The number of carboxylic acid groups (broad SMARTS) is 1. The van der Waals surface area contributed by atoms with Crippen molar-refractivity contribution in [3.63, 3.8) is 0 Å². The number of nitrogens with one attached hydrogen (secondary N) is 4. The van der Waals surface area contributed by atoms with Crippen LogP contribution in [0.3, 0.4) is 0 Å². The summed E-state index contributed by atoms with van der Waals surface area (Å²) in [5.74, 6) is -4.73. The van der Waals surface area contributed by atoms with Crippen LogP contribution in [-0.2, 0) is 30.4 Å². The zero-order chi connectivity index (χ0) is 25.1. The van der Waals surface area contributed by atoms with Crippen LogP contribution < -0.4 is 27.4 Å². The number of hydrogen-bond donors (Lipinski definition) is 9. The van der Waals surface area contributed by atoms with Gasteiger partial charge in [-0.05, 0) is 13.3 Å². The molecule has 4 amide bonds. The number of aromatic amines is 1. The Hall–Kier alpha value is -3.17. The number of primary amides is 1. The lowest BCUT2D eigenvalue weighted by Gasteiger charge is -2.25.